The molecule has 1 heterocycles. The Hall–Kier alpha value is -7.00. The molecule has 0 saturated carbocycles. The summed E-state index contributed by atoms with van der Waals surface area (Å²) in [5.41, 5.74) is 10.7. The van der Waals surface area contributed by atoms with E-state index >= 15 is 0 Å². The van der Waals surface area contributed by atoms with Gasteiger partial charge in [0.1, 0.15) is 0 Å². The van der Waals surface area contributed by atoms with Crippen LogP contribution in [0, 0.1) is 0 Å². The first-order chi connectivity index (χ1) is 27.7. The van der Waals surface area contributed by atoms with Crippen molar-refractivity contribution in [1.29, 1.82) is 0 Å². The average Bonchev–Trinajstić information content (AvgIpc) is 3.64. The summed E-state index contributed by atoms with van der Waals surface area (Å²) in [7, 11) is 0. The quantitative estimate of drug-likeness (QED) is 0.165. The van der Waals surface area contributed by atoms with Crippen molar-refractivity contribution in [3.8, 4) is 33.4 Å². The van der Waals surface area contributed by atoms with Crippen molar-refractivity contribution in [1.82, 2.24) is 0 Å². The van der Waals surface area contributed by atoms with Crippen LogP contribution in [-0.4, -0.2) is 0 Å². The minimum atomic E-state index is 1.12. The Balaban J connectivity index is 1.03. The molecule has 0 fully saturated rings. The highest BCUT2D eigenvalue weighted by Crippen LogP contribution is 2.43. The van der Waals surface area contributed by atoms with Gasteiger partial charge < -0.3 is 4.90 Å². The molecule has 1 aromatic heterocycles. The van der Waals surface area contributed by atoms with Crippen LogP contribution in [0.4, 0.5) is 17.1 Å². The van der Waals surface area contributed by atoms with E-state index in [-0.39, 0.29) is 0 Å². The number of hydrogen-bond donors (Lipinski definition) is 0. The van der Waals surface area contributed by atoms with E-state index in [9.17, 15) is 0 Å². The zero-order valence-electron chi connectivity index (χ0n) is 30.6. The lowest BCUT2D eigenvalue weighted by atomic mass is 9.91. The molecule has 0 spiro atoms. The Bertz CT molecular complexity index is 3240. The minimum absolute atomic E-state index is 1.12. The highest BCUT2D eigenvalue weighted by molar-refractivity contribution is 7.25. The summed E-state index contributed by atoms with van der Waals surface area (Å²) in [5.74, 6) is 0. The van der Waals surface area contributed by atoms with Crippen molar-refractivity contribution in [2.24, 2.45) is 0 Å². The Morgan fingerprint density at radius 2 is 0.804 bits per heavy atom. The van der Waals surface area contributed by atoms with Crippen molar-refractivity contribution in [3.63, 3.8) is 0 Å². The highest BCUT2D eigenvalue weighted by Gasteiger charge is 2.17. The second kappa shape index (κ2) is 13.4. The molecule has 56 heavy (non-hydrogen) atoms. The third kappa shape index (κ3) is 5.62. The Labute approximate surface area is 330 Å². The number of benzene rings is 10. The Morgan fingerprint density at radius 1 is 0.286 bits per heavy atom. The molecule has 11 rings (SSSR count). The molecule has 11 aromatic rings. The molecule has 1 nitrogen and oxygen atoms in total. The van der Waals surface area contributed by atoms with Gasteiger partial charge in [0.05, 0.1) is 0 Å². The smallest absolute Gasteiger partial charge is 0.0476 e. The topological polar surface area (TPSA) is 3.24 Å². The molecule has 0 N–H and O–H groups in total. The van der Waals surface area contributed by atoms with Crippen LogP contribution in [0.25, 0.3) is 85.9 Å². The van der Waals surface area contributed by atoms with Crippen LogP contribution >= 0.6 is 11.3 Å². The highest BCUT2D eigenvalue weighted by atomic mass is 32.1. The van der Waals surface area contributed by atoms with E-state index in [4.69, 9.17) is 0 Å². The second-order valence-corrected chi connectivity index (χ2v) is 15.6. The average molecular weight is 730 g/mol. The van der Waals surface area contributed by atoms with Gasteiger partial charge in [0.2, 0.25) is 0 Å². The largest absolute Gasteiger partial charge is 0.310 e. The second-order valence-electron chi connectivity index (χ2n) is 14.5. The summed E-state index contributed by atoms with van der Waals surface area (Å²) in [6, 6.07) is 77.8. The molecule has 0 aliphatic heterocycles. The van der Waals surface area contributed by atoms with Gasteiger partial charge in [-0.25, -0.2) is 0 Å². The number of thiophene rings is 1. The van der Waals surface area contributed by atoms with Gasteiger partial charge in [-0.15, -0.1) is 11.3 Å². The van der Waals surface area contributed by atoms with Crippen LogP contribution < -0.4 is 4.90 Å². The fraction of sp³-hybridized carbons (Fsp3) is 0. The van der Waals surface area contributed by atoms with E-state index < -0.39 is 0 Å². The van der Waals surface area contributed by atoms with Crippen molar-refractivity contribution in [2.75, 3.05) is 4.90 Å². The van der Waals surface area contributed by atoms with Crippen molar-refractivity contribution >= 4 is 80.9 Å². The summed E-state index contributed by atoms with van der Waals surface area (Å²) in [4.78, 5) is 2.41. The third-order valence-electron chi connectivity index (χ3n) is 11.2. The number of hydrogen-bond acceptors (Lipinski definition) is 2. The van der Waals surface area contributed by atoms with Crippen LogP contribution in [0.2, 0.25) is 0 Å². The van der Waals surface area contributed by atoms with Gasteiger partial charge in [-0.3, -0.25) is 0 Å². The van der Waals surface area contributed by atoms with Crippen molar-refractivity contribution < 1.29 is 0 Å². The maximum atomic E-state index is 2.41. The number of fused-ring (bicyclic) bond motifs is 6. The van der Waals surface area contributed by atoms with Gasteiger partial charge in [0.15, 0.2) is 0 Å². The maximum Gasteiger partial charge on any atom is 0.0476 e. The zero-order chi connectivity index (χ0) is 37.0. The molecule has 0 aliphatic carbocycles. The van der Waals surface area contributed by atoms with E-state index in [0.29, 0.717) is 0 Å². The standard InChI is InChI=1S/C54H35NS/c1-2-11-37(12-3-1)48-17-8-14-39-15-9-18-49(54(39)48)38-24-27-45(28-25-38)55(47-30-31-51-50-16-6-7-19-52(50)56-53(51)35-47)46-29-26-43-33-42(22-23-44(43)34-46)41-21-20-36-10-4-5-13-40(36)32-41/h1-35H. The van der Waals surface area contributed by atoms with Crippen LogP contribution in [0.3, 0.4) is 0 Å². The van der Waals surface area contributed by atoms with Gasteiger partial charge in [-0.1, -0.05) is 158 Å². The Kier molecular flexibility index (Phi) is 7.75. The molecule has 0 amide bonds. The molecular weight excluding hydrogens is 695 g/mol. The van der Waals surface area contributed by atoms with Crippen LogP contribution in [0.1, 0.15) is 0 Å². The van der Waals surface area contributed by atoms with Gasteiger partial charge in [-0.05, 0) is 120 Å². The van der Waals surface area contributed by atoms with E-state index in [1.54, 1.807) is 0 Å². The van der Waals surface area contributed by atoms with Gasteiger partial charge in [-0.2, -0.15) is 0 Å². The first-order valence-electron chi connectivity index (χ1n) is 19.2. The monoisotopic (exact) mass is 729 g/mol. The van der Waals surface area contributed by atoms with Crippen molar-refractivity contribution in [2.45, 2.75) is 0 Å². The third-order valence-corrected chi connectivity index (χ3v) is 12.3. The first-order valence-corrected chi connectivity index (χ1v) is 20.0. The molecule has 10 aromatic carbocycles. The predicted octanol–water partition coefficient (Wildman–Crippen LogP) is 16.0. The predicted molar refractivity (Wildman–Crippen MR) is 243 cm³/mol. The summed E-state index contributed by atoms with van der Waals surface area (Å²) < 4.78 is 2.60. The summed E-state index contributed by atoms with van der Waals surface area (Å²) in [6.07, 6.45) is 0. The molecule has 0 aliphatic rings. The molecule has 2 heteroatoms. The number of nitrogens with zero attached hydrogens (tertiary/aromatic N) is 1. The van der Waals surface area contributed by atoms with Crippen LogP contribution in [0.5, 0.6) is 0 Å². The maximum absolute atomic E-state index is 2.41. The number of anilines is 3. The summed E-state index contributed by atoms with van der Waals surface area (Å²) in [5, 5.41) is 10.1. The lowest BCUT2D eigenvalue weighted by Crippen LogP contribution is -2.09. The molecular formula is C54H35NS. The lowest BCUT2D eigenvalue weighted by molar-refractivity contribution is 1.30. The lowest BCUT2D eigenvalue weighted by Gasteiger charge is -2.26. The van der Waals surface area contributed by atoms with E-state index in [0.717, 1.165) is 17.1 Å². The van der Waals surface area contributed by atoms with E-state index in [2.05, 4.69) is 217 Å². The summed E-state index contributed by atoms with van der Waals surface area (Å²) >= 11 is 1.86. The van der Waals surface area contributed by atoms with E-state index in [1.807, 2.05) is 11.3 Å². The molecule has 0 bridgehead atoms. The van der Waals surface area contributed by atoms with Crippen LogP contribution in [0.15, 0.2) is 212 Å². The molecule has 0 saturated heterocycles. The van der Waals surface area contributed by atoms with E-state index in [1.165, 1.54) is 85.9 Å². The van der Waals surface area contributed by atoms with Crippen LogP contribution in [-0.2, 0) is 0 Å². The molecule has 0 unspecified atom stereocenters. The minimum Gasteiger partial charge on any atom is -0.310 e. The van der Waals surface area contributed by atoms with Gasteiger partial charge >= 0.3 is 0 Å². The molecule has 0 radical (unpaired) electrons. The normalized spacial score (nSPS) is 11.6. The van der Waals surface area contributed by atoms with Gasteiger partial charge in [0.25, 0.3) is 0 Å². The Morgan fingerprint density at radius 3 is 1.59 bits per heavy atom. The SMILES string of the molecule is c1ccc(-c2cccc3cccc(-c4ccc(N(c5ccc6cc(-c7ccc8ccccc8c7)ccc6c5)c5ccc6c(c5)sc5ccccc56)cc4)c23)cc1. The zero-order valence-corrected chi connectivity index (χ0v) is 31.4. The molecule has 0 atom stereocenters. The van der Waals surface area contributed by atoms with Gasteiger partial charge in [0, 0.05) is 37.2 Å². The fourth-order valence-electron chi connectivity index (χ4n) is 8.45. The first kappa shape index (κ1) is 32.4. The fourth-order valence-corrected chi connectivity index (χ4v) is 9.59. The summed E-state index contributed by atoms with van der Waals surface area (Å²) in [6.45, 7) is 0. The molecule has 262 valence electrons. The number of rotatable bonds is 6. The van der Waals surface area contributed by atoms with Crippen molar-refractivity contribution in [3.05, 3.63) is 212 Å².